The maximum absolute atomic E-state index is 6.30. The first-order valence-electron chi connectivity index (χ1n) is 5.91. The first-order valence-corrected chi connectivity index (χ1v) is 7.62. The van der Waals surface area contributed by atoms with Gasteiger partial charge in [0.2, 0.25) is 0 Å². The highest BCUT2D eigenvalue weighted by atomic mass is 79.9. The molecule has 0 heterocycles. The summed E-state index contributed by atoms with van der Waals surface area (Å²) in [6, 6.07) is 14.0. The van der Waals surface area contributed by atoms with E-state index < -0.39 is 0 Å². The zero-order valence-corrected chi connectivity index (χ0v) is 13.6. The first-order chi connectivity index (χ1) is 9.13. The number of hydrogen-bond donors (Lipinski definition) is 0. The molecule has 0 radical (unpaired) electrons. The normalized spacial score (nSPS) is 10.5. The Morgan fingerprint density at radius 1 is 1.05 bits per heavy atom. The molecule has 0 spiro atoms. The van der Waals surface area contributed by atoms with Gasteiger partial charge < -0.3 is 4.90 Å². The molecule has 100 valence electrons. The van der Waals surface area contributed by atoms with Crippen molar-refractivity contribution in [2.24, 2.45) is 0 Å². The van der Waals surface area contributed by atoms with Crippen LogP contribution in [0, 0.1) is 0 Å². The lowest BCUT2D eigenvalue weighted by atomic mass is 10.1. The second kappa shape index (κ2) is 6.65. The van der Waals surface area contributed by atoms with Gasteiger partial charge in [0.05, 0.1) is 10.7 Å². The van der Waals surface area contributed by atoms with Crippen LogP contribution in [-0.2, 0) is 12.4 Å². The lowest BCUT2D eigenvalue weighted by Crippen LogP contribution is -2.18. The zero-order valence-electron chi connectivity index (χ0n) is 10.5. The van der Waals surface area contributed by atoms with Gasteiger partial charge in [0.1, 0.15) is 0 Å². The Balaban J connectivity index is 2.30. The quantitative estimate of drug-likeness (QED) is 0.654. The summed E-state index contributed by atoms with van der Waals surface area (Å²) >= 11 is 15.9. The van der Waals surface area contributed by atoms with E-state index in [1.165, 1.54) is 5.56 Å². The number of rotatable bonds is 4. The van der Waals surface area contributed by atoms with Crippen molar-refractivity contribution in [3.05, 3.63) is 63.1 Å². The summed E-state index contributed by atoms with van der Waals surface area (Å²) in [5, 5.41) is 0.729. The second-order valence-electron chi connectivity index (χ2n) is 4.33. The van der Waals surface area contributed by atoms with Gasteiger partial charge in [-0.3, -0.25) is 0 Å². The van der Waals surface area contributed by atoms with Crippen molar-refractivity contribution >= 4 is 44.8 Å². The van der Waals surface area contributed by atoms with Crippen molar-refractivity contribution in [3.63, 3.8) is 0 Å². The van der Waals surface area contributed by atoms with E-state index in [4.69, 9.17) is 23.2 Å². The molecule has 0 N–H and O–H groups in total. The molecule has 2 aromatic carbocycles. The third-order valence-electron chi connectivity index (χ3n) is 2.96. The summed E-state index contributed by atoms with van der Waals surface area (Å²) in [5.41, 5.74) is 3.25. The van der Waals surface area contributed by atoms with Gasteiger partial charge >= 0.3 is 0 Å². The molecular weight excluding hydrogens is 345 g/mol. The van der Waals surface area contributed by atoms with Gasteiger partial charge in [-0.05, 0) is 23.3 Å². The highest BCUT2D eigenvalue weighted by Crippen LogP contribution is 2.32. The number of para-hydroxylation sites is 1. The van der Waals surface area contributed by atoms with Gasteiger partial charge in [-0.15, -0.1) is 11.6 Å². The summed E-state index contributed by atoms with van der Waals surface area (Å²) in [5.74, 6) is 0.455. The van der Waals surface area contributed by atoms with Crippen molar-refractivity contribution in [2.75, 3.05) is 11.9 Å². The standard InChI is InChI=1S/C15H14BrCl2N/c1-19(10-12-5-2-3-7-13(12)16)15-11(9-17)6-4-8-14(15)18/h2-8H,9-10H2,1H3. The van der Waals surface area contributed by atoms with Crippen molar-refractivity contribution in [2.45, 2.75) is 12.4 Å². The van der Waals surface area contributed by atoms with E-state index in [1.807, 2.05) is 43.4 Å². The first kappa shape index (κ1) is 14.7. The van der Waals surface area contributed by atoms with Crippen LogP contribution >= 0.6 is 39.1 Å². The van der Waals surface area contributed by atoms with Gasteiger partial charge in [-0.25, -0.2) is 0 Å². The molecule has 0 fully saturated rings. The van der Waals surface area contributed by atoms with Crippen LogP contribution in [0.3, 0.4) is 0 Å². The summed E-state index contributed by atoms with van der Waals surface area (Å²) in [7, 11) is 2.02. The second-order valence-corrected chi connectivity index (χ2v) is 5.86. The Morgan fingerprint density at radius 3 is 2.42 bits per heavy atom. The van der Waals surface area contributed by atoms with Gasteiger partial charge in [0, 0.05) is 23.9 Å². The monoisotopic (exact) mass is 357 g/mol. The fourth-order valence-electron chi connectivity index (χ4n) is 2.06. The van der Waals surface area contributed by atoms with Crippen LogP contribution in [0.2, 0.25) is 5.02 Å². The molecule has 0 aliphatic rings. The van der Waals surface area contributed by atoms with Crippen molar-refractivity contribution in [1.29, 1.82) is 0 Å². The summed E-state index contributed by atoms with van der Waals surface area (Å²) < 4.78 is 1.10. The van der Waals surface area contributed by atoms with Crippen LogP contribution in [0.1, 0.15) is 11.1 Å². The molecule has 0 aliphatic heterocycles. The van der Waals surface area contributed by atoms with Crippen LogP contribution < -0.4 is 4.90 Å². The van der Waals surface area contributed by atoms with Gasteiger partial charge in [-0.1, -0.05) is 57.9 Å². The highest BCUT2D eigenvalue weighted by molar-refractivity contribution is 9.10. The van der Waals surface area contributed by atoms with E-state index in [0.29, 0.717) is 5.88 Å². The molecule has 0 aromatic heterocycles. The lowest BCUT2D eigenvalue weighted by Gasteiger charge is -2.23. The van der Waals surface area contributed by atoms with Gasteiger partial charge in [-0.2, -0.15) is 0 Å². The molecule has 1 nitrogen and oxygen atoms in total. The predicted octanol–water partition coefficient (Wildman–Crippen LogP) is 5.48. The highest BCUT2D eigenvalue weighted by Gasteiger charge is 2.12. The maximum atomic E-state index is 6.30. The summed E-state index contributed by atoms with van der Waals surface area (Å²) in [6.45, 7) is 0.773. The van der Waals surface area contributed by atoms with Crippen LogP contribution in [0.15, 0.2) is 46.9 Å². The van der Waals surface area contributed by atoms with Crippen molar-refractivity contribution in [1.82, 2.24) is 0 Å². The third-order valence-corrected chi connectivity index (χ3v) is 4.33. The largest absolute Gasteiger partial charge is 0.369 e. The number of alkyl halides is 1. The van der Waals surface area contributed by atoms with Crippen LogP contribution in [0.5, 0.6) is 0 Å². The van der Waals surface area contributed by atoms with Crippen LogP contribution in [-0.4, -0.2) is 7.05 Å². The maximum Gasteiger partial charge on any atom is 0.0642 e. The number of anilines is 1. The van der Waals surface area contributed by atoms with E-state index in [0.717, 1.165) is 27.3 Å². The molecule has 0 atom stereocenters. The average Bonchev–Trinajstić information content (AvgIpc) is 2.40. The van der Waals surface area contributed by atoms with E-state index in [-0.39, 0.29) is 0 Å². The van der Waals surface area contributed by atoms with Crippen LogP contribution in [0.25, 0.3) is 0 Å². The molecular formula is C15H14BrCl2N. The SMILES string of the molecule is CN(Cc1ccccc1Br)c1c(Cl)cccc1CCl. The molecule has 0 bridgehead atoms. The molecule has 0 unspecified atom stereocenters. The molecule has 2 aromatic rings. The number of nitrogens with zero attached hydrogens (tertiary/aromatic N) is 1. The topological polar surface area (TPSA) is 3.24 Å². The van der Waals surface area contributed by atoms with E-state index in [9.17, 15) is 0 Å². The minimum atomic E-state index is 0.455. The average molecular weight is 359 g/mol. The molecule has 19 heavy (non-hydrogen) atoms. The van der Waals surface area contributed by atoms with Crippen molar-refractivity contribution < 1.29 is 0 Å². The molecule has 2 rings (SSSR count). The Bertz CT molecular complexity index is 572. The molecule has 4 heteroatoms. The molecule has 0 saturated heterocycles. The van der Waals surface area contributed by atoms with Gasteiger partial charge in [0.15, 0.2) is 0 Å². The lowest BCUT2D eigenvalue weighted by molar-refractivity contribution is 0.912. The van der Waals surface area contributed by atoms with E-state index >= 15 is 0 Å². The zero-order chi connectivity index (χ0) is 13.8. The number of halogens is 3. The fourth-order valence-corrected chi connectivity index (χ4v) is 3.02. The fraction of sp³-hybridized carbons (Fsp3) is 0.200. The van der Waals surface area contributed by atoms with Gasteiger partial charge in [0.25, 0.3) is 0 Å². The molecule has 0 aliphatic carbocycles. The summed E-state index contributed by atoms with van der Waals surface area (Å²) in [6.07, 6.45) is 0. The Kier molecular flexibility index (Phi) is 5.14. The van der Waals surface area contributed by atoms with E-state index in [2.05, 4.69) is 26.9 Å². The van der Waals surface area contributed by atoms with Crippen molar-refractivity contribution in [3.8, 4) is 0 Å². The summed E-state index contributed by atoms with van der Waals surface area (Å²) in [4.78, 5) is 2.13. The molecule has 0 amide bonds. The number of benzene rings is 2. The number of hydrogen-bond acceptors (Lipinski definition) is 1. The Morgan fingerprint density at radius 2 is 1.74 bits per heavy atom. The predicted molar refractivity (Wildman–Crippen MR) is 87.3 cm³/mol. The minimum Gasteiger partial charge on any atom is -0.369 e. The Hall–Kier alpha value is -0.700. The van der Waals surface area contributed by atoms with Crippen LogP contribution in [0.4, 0.5) is 5.69 Å². The van der Waals surface area contributed by atoms with E-state index in [1.54, 1.807) is 0 Å². The smallest absolute Gasteiger partial charge is 0.0642 e. The molecule has 0 saturated carbocycles. The third kappa shape index (κ3) is 3.44. The Labute approximate surface area is 132 Å². The minimum absolute atomic E-state index is 0.455.